The van der Waals surface area contributed by atoms with Crippen molar-refractivity contribution in [2.45, 2.75) is 18.7 Å². The van der Waals surface area contributed by atoms with E-state index in [2.05, 4.69) is 5.32 Å². The van der Waals surface area contributed by atoms with Gasteiger partial charge in [0, 0.05) is 18.0 Å². The molecule has 1 amide bonds. The minimum absolute atomic E-state index is 0.0561. The van der Waals surface area contributed by atoms with Crippen molar-refractivity contribution < 1.29 is 9.72 Å². The highest BCUT2D eigenvalue weighted by molar-refractivity contribution is 6.34. The highest BCUT2D eigenvalue weighted by Crippen LogP contribution is 2.25. The van der Waals surface area contributed by atoms with Crippen LogP contribution in [0.3, 0.4) is 0 Å². The van der Waals surface area contributed by atoms with Crippen molar-refractivity contribution in [3.8, 4) is 0 Å². The highest BCUT2D eigenvalue weighted by atomic mass is 35.5. The van der Waals surface area contributed by atoms with Gasteiger partial charge in [-0.1, -0.05) is 17.7 Å². The third-order valence-corrected chi connectivity index (χ3v) is 2.78. The fourth-order valence-electron chi connectivity index (χ4n) is 1.36. The predicted octanol–water partition coefficient (Wildman–Crippen LogP) is 3.00. The van der Waals surface area contributed by atoms with E-state index in [1.165, 1.54) is 18.2 Å². The van der Waals surface area contributed by atoms with Crippen LogP contribution in [0.1, 0.15) is 23.7 Å². The van der Waals surface area contributed by atoms with Gasteiger partial charge in [-0.3, -0.25) is 14.9 Å². The number of benzene rings is 1. The van der Waals surface area contributed by atoms with Gasteiger partial charge in [0.05, 0.1) is 9.95 Å². The topological polar surface area (TPSA) is 72.2 Å². The fourth-order valence-corrected chi connectivity index (χ4v) is 1.73. The number of hydrogen-bond acceptors (Lipinski definition) is 3. The van der Waals surface area contributed by atoms with Crippen molar-refractivity contribution >= 4 is 34.8 Å². The maximum atomic E-state index is 11.8. The molecule has 0 bridgehead atoms. The van der Waals surface area contributed by atoms with Gasteiger partial charge >= 0.3 is 0 Å². The lowest BCUT2D eigenvalue weighted by atomic mass is 10.1. The monoisotopic (exact) mass is 290 g/mol. The highest BCUT2D eigenvalue weighted by Gasteiger charge is 2.22. The first-order valence-electron chi connectivity index (χ1n) is 5.28. The number of nitro benzene ring substituents is 1. The molecule has 1 N–H and O–H groups in total. The predicted molar refractivity (Wildman–Crippen MR) is 70.4 cm³/mol. The molecule has 0 heterocycles. The summed E-state index contributed by atoms with van der Waals surface area (Å²) in [5, 5.41) is 13.3. The van der Waals surface area contributed by atoms with Crippen molar-refractivity contribution in [2.24, 2.45) is 0 Å². The largest absolute Gasteiger partial charge is 0.352 e. The van der Waals surface area contributed by atoms with E-state index in [0.29, 0.717) is 13.0 Å². The smallest absolute Gasteiger partial charge is 0.283 e. The molecular weight excluding hydrogens is 279 g/mol. The van der Waals surface area contributed by atoms with Crippen LogP contribution in [-0.4, -0.2) is 22.8 Å². The van der Waals surface area contributed by atoms with Gasteiger partial charge < -0.3 is 5.32 Å². The van der Waals surface area contributed by atoms with Crippen LogP contribution in [0.4, 0.5) is 5.69 Å². The molecule has 0 aliphatic rings. The summed E-state index contributed by atoms with van der Waals surface area (Å²) in [4.78, 5) is 22.0. The van der Waals surface area contributed by atoms with E-state index < -0.39 is 10.8 Å². The zero-order valence-electron chi connectivity index (χ0n) is 9.65. The number of carbonyl (C=O) groups excluding carboxylic acids is 1. The maximum absolute atomic E-state index is 11.8. The number of hydrogen-bond donors (Lipinski definition) is 1. The molecule has 0 saturated carbocycles. The Balaban J connectivity index is 2.88. The fraction of sp³-hybridized carbons (Fsp3) is 0.364. The number of alkyl halides is 1. The summed E-state index contributed by atoms with van der Waals surface area (Å²) < 4.78 is 0. The molecule has 1 atom stereocenters. The van der Waals surface area contributed by atoms with Crippen molar-refractivity contribution in [2.75, 3.05) is 6.54 Å². The average molecular weight is 291 g/mol. The number of nitrogens with zero attached hydrogens (tertiary/aromatic N) is 1. The number of nitrogens with one attached hydrogen (secondary N) is 1. The van der Waals surface area contributed by atoms with Crippen LogP contribution in [0.2, 0.25) is 5.02 Å². The quantitative estimate of drug-likeness (QED) is 0.515. The van der Waals surface area contributed by atoms with E-state index >= 15 is 0 Å². The summed E-state index contributed by atoms with van der Waals surface area (Å²) >= 11 is 11.6. The van der Waals surface area contributed by atoms with Crippen LogP contribution in [0.5, 0.6) is 0 Å². The van der Waals surface area contributed by atoms with Crippen LogP contribution in [0.15, 0.2) is 18.2 Å². The van der Waals surface area contributed by atoms with Crippen LogP contribution < -0.4 is 5.32 Å². The van der Waals surface area contributed by atoms with Crippen molar-refractivity contribution in [3.63, 3.8) is 0 Å². The summed E-state index contributed by atoms with van der Waals surface area (Å²) in [6.45, 7) is 2.14. The van der Waals surface area contributed by atoms with E-state index in [0.717, 1.165) is 0 Å². The van der Waals surface area contributed by atoms with Gasteiger partial charge in [0.25, 0.3) is 11.6 Å². The second kappa shape index (κ2) is 6.56. The first-order chi connectivity index (χ1) is 8.43. The van der Waals surface area contributed by atoms with E-state index in [4.69, 9.17) is 23.2 Å². The summed E-state index contributed by atoms with van der Waals surface area (Å²) in [6, 6.07) is 4.11. The molecule has 18 heavy (non-hydrogen) atoms. The van der Waals surface area contributed by atoms with Crippen LogP contribution >= 0.6 is 23.2 Å². The Morgan fingerprint density at radius 3 is 2.78 bits per heavy atom. The van der Waals surface area contributed by atoms with E-state index in [-0.39, 0.29) is 21.7 Å². The summed E-state index contributed by atoms with van der Waals surface area (Å²) in [7, 11) is 0. The van der Waals surface area contributed by atoms with Gasteiger partial charge in [0.2, 0.25) is 0 Å². The molecular formula is C11H12Cl2N2O3. The normalized spacial score (nSPS) is 11.9. The third-order valence-electron chi connectivity index (χ3n) is 2.24. The second-order valence-corrected chi connectivity index (χ2v) is 4.87. The zero-order valence-corrected chi connectivity index (χ0v) is 11.2. The maximum Gasteiger partial charge on any atom is 0.283 e. The van der Waals surface area contributed by atoms with Crippen molar-refractivity contribution in [3.05, 3.63) is 38.9 Å². The zero-order chi connectivity index (χ0) is 13.7. The molecule has 1 aromatic carbocycles. The molecule has 0 fully saturated rings. The van der Waals surface area contributed by atoms with Crippen LogP contribution in [-0.2, 0) is 0 Å². The number of nitro groups is 1. The molecule has 0 radical (unpaired) electrons. The van der Waals surface area contributed by atoms with E-state index in [1.54, 1.807) is 6.92 Å². The van der Waals surface area contributed by atoms with Crippen LogP contribution in [0, 0.1) is 10.1 Å². The van der Waals surface area contributed by atoms with Gasteiger partial charge in [-0.05, 0) is 19.4 Å². The van der Waals surface area contributed by atoms with Gasteiger partial charge in [-0.15, -0.1) is 11.6 Å². The van der Waals surface area contributed by atoms with E-state index in [1.807, 2.05) is 0 Å². The molecule has 98 valence electrons. The summed E-state index contributed by atoms with van der Waals surface area (Å²) in [5.74, 6) is -0.565. The molecule has 0 aliphatic heterocycles. The van der Waals surface area contributed by atoms with Gasteiger partial charge in [0.1, 0.15) is 5.56 Å². The molecule has 1 rings (SSSR count). The van der Waals surface area contributed by atoms with Gasteiger partial charge in [0.15, 0.2) is 0 Å². The Labute approximate surface area is 114 Å². The molecule has 5 nitrogen and oxygen atoms in total. The lowest BCUT2D eigenvalue weighted by molar-refractivity contribution is -0.385. The lowest BCUT2D eigenvalue weighted by Gasteiger charge is -2.07. The third kappa shape index (κ3) is 3.85. The molecule has 0 aliphatic carbocycles. The molecule has 1 aromatic rings. The molecule has 0 spiro atoms. The summed E-state index contributed by atoms with van der Waals surface area (Å²) in [6.07, 6.45) is 0.575. The standard InChI is InChI=1S/C11H12Cl2N2O3/c1-7(12)5-6-14-11(16)10-8(13)3-2-4-9(10)15(17)18/h2-4,7H,5-6H2,1H3,(H,14,16). The molecule has 7 heteroatoms. The number of halogens is 2. The Morgan fingerprint density at radius 2 is 2.22 bits per heavy atom. The molecule has 1 unspecified atom stereocenters. The minimum atomic E-state index is -0.634. The molecule has 0 aromatic heterocycles. The Bertz CT molecular complexity index is 464. The Kier molecular flexibility index (Phi) is 5.37. The number of rotatable bonds is 5. The molecule has 0 saturated heterocycles. The SMILES string of the molecule is CC(Cl)CCNC(=O)c1c(Cl)cccc1[N+](=O)[O-]. The first-order valence-corrected chi connectivity index (χ1v) is 6.10. The van der Waals surface area contributed by atoms with E-state index in [9.17, 15) is 14.9 Å². The lowest BCUT2D eigenvalue weighted by Crippen LogP contribution is -2.26. The van der Waals surface area contributed by atoms with Crippen molar-refractivity contribution in [1.29, 1.82) is 0 Å². The van der Waals surface area contributed by atoms with Crippen LogP contribution in [0.25, 0.3) is 0 Å². The van der Waals surface area contributed by atoms with Gasteiger partial charge in [-0.2, -0.15) is 0 Å². The minimum Gasteiger partial charge on any atom is -0.352 e. The second-order valence-electron chi connectivity index (χ2n) is 3.72. The summed E-state index contributed by atoms with van der Waals surface area (Å²) in [5.41, 5.74) is -0.426. The number of carbonyl (C=O) groups is 1. The van der Waals surface area contributed by atoms with Crippen molar-refractivity contribution in [1.82, 2.24) is 5.32 Å². The Morgan fingerprint density at radius 1 is 1.56 bits per heavy atom. The Hall–Kier alpha value is -1.33. The number of amides is 1. The van der Waals surface area contributed by atoms with Gasteiger partial charge in [-0.25, -0.2) is 0 Å². The first kappa shape index (κ1) is 14.7. The average Bonchev–Trinajstić information content (AvgIpc) is 2.27.